The second-order valence-corrected chi connectivity index (χ2v) is 32.7. The van der Waals surface area contributed by atoms with Crippen LogP contribution in [0.3, 0.4) is 0 Å². The van der Waals surface area contributed by atoms with E-state index in [1.165, 1.54) is 231 Å². The van der Waals surface area contributed by atoms with Gasteiger partial charge < -0.3 is 68.1 Å². The van der Waals surface area contributed by atoms with Crippen molar-refractivity contribution in [2.45, 2.75) is 438 Å². The standard InChI is InChI=1S/C83H168N4O15P2.2Na/c1-7-13-19-25-29-33-37-39-43-49-55-61-81(88)86-77(73-95-69-63-79(59-53-47-23-17-11-5)97-67-57-51-45-41-35-31-27-21-15-9-3)75-101-103(91,92)99-71-65-84-83(90)85-66-72-100-104(93,94)102-76-78(87-82(89)62-56-50-44-40-38-34-30-26-20-14-8-2)74-96-70-64-80(60-54-48-24-18-12-6)98-68-58-52-46-42-36-32-28-22-16-10-4;;/h77-80H,7-76H2,1-6H3,(H,86,88)(H,87,89)(H,91,92)(H,93,94)(H2,84,85,90);;/q;2*+1/p-2/t77-,78-,79-,80-;;/m1../s1. The number of urea groups is 1. The molecule has 0 rings (SSSR count). The maximum Gasteiger partial charge on any atom is 1.00 e. The molecule has 0 saturated carbocycles. The van der Waals surface area contributed by atoms with Crippen LogP contribution >= 0.6 is 15.6 Å². The summed E-state index contributed by atoms with van der Waals surface area (Å²) in [7, 11) is -9.80. The molecule has 23 heteroatoms. The van der Waals surface area contributed by atoms with Crippen molar-refractivity contribution < 1.29 is 129 Å². The number of carbonyl (C=O) groups excluding carboxylic acids is 3. The van der Waals surface area contributed by atoms with E-state index in [0.717, 1.165) is 129 Å². The Morgan fingerprint density at radius 3 is 0.811 bits per heavy atom. The molecule has 0 radical (unpaired) electrons. The summed E-state index contributed by atoms with van der Waals surface area (Å²) in [6.45, 7) is 13.5. The van der Waals surface area contributed by atoms with E-state index in [1.54, 1.807) is 0 Å². The molecule has 106 heavy (non-hydrogen) atoms. The number of carbonyl (C=O) groups is 3. The molecule has 2 unspecified atom stereocenters. The van der Waals surface area contributed by atoms with Crippen molar-refractivity contribution in [1.29, 1.82) is 0 Å². The van der Waals surface area contributed by atoms with Gasteiger partial charge in [0.25, 0.3) is 15.6 Å². The van der Waals surface area contributed by atoms with Crippen LogP contribution < -0.4 is 90.2 Å². The molecule has 0 saturated heterocycles. The Labute approximate surface area is 696 Å². The minimum Gasteiger partial charge on any atom is -0.756 e. The first-order chi connectivity index (χ1) is 50.7. The van der Waals surface area contributed by atoms with E-state index in [4.69, 9.17) is 37.0 Å². The van der Waals surface area contributed by atoms with Gasteiger partial charge in [0, 0.05) is 52.4 Å². The molecule has 4 amide bonds. The minimum absolute atomic E-state index is 0. The topological polar surface area (TPSA) is 253 Å². The van der Waals surface area contributed by atoms with Gasteiger partial charge in [-0.2, -0.15) is 0 Å². The summed E-state index contributed by atoms with van der Waals surface area (Å²) in [6, 6.07) is -2.25. The fourth-order valence-electron chi connectivity index (χ4n) is 13.0. The number of hydrogen-bond acceptors (Lipinski definition) is 15. The third-order valence-corrected chi connectivity index (χ3v) is 21.6. The molecule has 0 spiro atoms. The summed E-state index contributed by atoms with van der Waals surface area (Å²) in [5.41, 5.74) is 0. The Morgan fingerprint density at radius 2 is 0.538 bits per heavy atom. The Bertz CT molecular complexity index is 1820. The Morgan fingerprint density at radius 1 is 0.292 bits per heavy atom. The van der Waals surface area contributed by atoms with Crippen LogP contribution in [0.1, 0.15) is 414 Å². The molecule has 0 aromatic rings. The van der Waals surface area contributed by atoms with Crippen molar-refractivity contribution in [3.05, 3.63) is 0 Å². The summed E-state index contributed by atoms with van der Waals surface area (Å²) in [5.74, 6) is -0.401. The van der Waals surface area contributed by atoms with E-state index in [1.807, 2.05) is 0 Å². The molecule has 0 fully saturated rings. The van der Waals surface area contributed by atoms with Gasteiger partial charge in [-0.15, -0.1) is 0 Å². The molecule has 6 atom stereocenters. The predicted octanol–water partition coefficient (Wildman–Crippen LogP) is 15.8. The number of nitrogens with one attached hydrogen (secondary N) is 4. The average Bonchev–Trinajstić information content (AvgIpc) is 0.918. The first-order valence-electron chi connectivity index (χ1n) is 43.9. The van der Waals surface area contributed by atoms with Gasteiger partial charge in [0.2, 0.25) is 11.8 Å². The first kappa shape index (κ1) is 110. The zero-order valence-corrected chi connectivity index (χ0v) is 76.1. The second-order valence-electron chi connectivity index (χ2n) is 29.9. The average molecular weight is 1570 g/mol. The van der Waals surface area contributed by atoms with Crippen molar-refractivity contribution in [2.75, 3.05) is 79.2 Å². The molecule has 19 nitrogen and oxygen atoms in total. The second kappa shape index (κ2) is 86.1. The van der Waals surface area contributed by atoms with Crippen LogP contribution in [0.5, 0.6) is 0 Å². The fraction of sp³-hybridized carbons (Fsp3) is 0.964. The first-order valence-corrected chi connectivity index (χ1v) is 46.9. The van der Waals surface area contributed by atoms with Crippen LogP contribution in [0.15, 0.2) is 0 Å². The largest absolute Gasteiger partial charge is 1.00 e. The Kier molecular flexibility index (Phi) is 89.7. The quantitative estimate of drug-likeness (QED) is 0.0251. The van der Waals surface area contributed by atoms with Crippen molar-refractivity contribution >= 4 is 33.5 Å². The van der Waals surface area contributed by atoms with Crippen molar-refractivity contribution in [3.8, 4) is 0 Å². The Balaban J connectivity index is -0.0000530. The SMILES string of the molecule is CCCCCCCCCCCCCC(=O)N[C@H](COCC[C@@H](CCCCCCC)OCCCCCCCCCCCC)COP(=O)([O-])OCCNC(=O)NCCOP(=O)([O-])OC[C@@H](COCC[C@@H](CCCCCCC)OCCCCCCCCCCCC)NC(=O)CCCCCCCCCCCCC.[Na+].[Na+]. The van der Waals surface area contributed by atoms with Crippen LogP contribution in [0.2, 0.25) is 0 Å². The monoisotopic (exact) mass is 1570 g/mol. The van der Waals surface area contributed by atoms with Crippen molar-refractivity contribution in [2.24, 2.45) is 0 Å². The number of ether oxygens (including phenoxy) is 4. The normalized spacial score (nSPS) is 13.8. The van der Waals surface area contributed by atoms with Gasteiger partial charge in [0.1, 0.15) is 0 Å². The summed E-state index contributed by atoms with van der Waals surface area (Å²) in [5, 5.41) is 10.9. The van der Waals surface area contributed by atoms with Gasteiger partial charge in [0.05, 0.1) is 63.9 Å². The van der Waals surface area contributed by atoms with Gasteiger partial charge in [-0.3, -0.25) is 18.7 Å². The van der Waals surface area contributed by atoms with Crippen molar-refractivity contribution in [3.63, 3.8) is 0 Å². The summed E-state index contributed by atoms with van der Waals surface area (Å²) in [4.78, 5) is 65.4. The van der Waals surface area contributed by atoms with E-state index in [2.05, 4.69) is 62.8 Å². The van der Waals surface area contributed by atoms with Gasteiger partial charge in [-0.25, -0.2) is 4.79 Å². The molecule has 0 bridgehead atoms. The number of amides is 4. The van der Waals surface area contributed by atoms with Crippen molar-refractivity contribution in [1.82, 2.24) is 21.3 Å². The molecule has 0 aliphatic rings. The fourth-order valence-corrected chi connectivity index (χ4v) is 14.5. The third kappa shape index (κ3) is 82.3. The summed E-state index contributed by atoms with van der Waals surface area (Å²) >= 11 is 0. The third-order valence-electron chi connectivity index (χ3n) is 19.7. The molecule has 0 aromatic carbocycles. The van der Waals surface area contributed by atoms with Crippen LogP contribution in [0.4, 0.5) is 4.79 Å². The van der Waals surface area contributed by atoms with Gasteiger partial charge >= 0.3 is 65.1 Å². The molecule has 0 aliphatic heterocycles. The van der Waals surface area contributed by atoms with Crippen LogP contribution in [-0.4, -0.2) is 121 Å². The van der Waals surface area contributed by atoms with Crippen LogP contribution in [0.25, 0.3) is 0 Å². The minimum atomic E-state index is -4.90. The smallest absolute Gasteiger partial charge is 0.756 e. The van der Waals surface area contributed by atoms with E-state index in [-0.39, 0.29) is 109 Å². The number of phosphoric ester groups is 2. The van der Waals surface area contributed by atoms with Gasteiger partial charge in [0.15, 0.2) is 0 Å². The molecular weight excluding hydrogens is 1400 g/mol. The van der Waals surface area contributed by atoms with Crippen LogP contribution in [-0.2, 0) is 55.8 Å². The zero-order valence-electron chi connectivity index (χ0n) is 70.3. The molecule has 620 valence electrons. The molecule has 4 N–H and O–H groups in total. The molecule has 0 heterocycles. The van der Waals surface area contributed by atoms with Crippen LogP contribution in [0, 0.1) is 0 Å². The zero-order chi connectivity index (χ0) is 76.0. The maximum absolute atomic E-state index is 13.3. The number of hydrogen-bond donors (Lipinski definition) is 4. The molecule has 0 aliphatic carbocycles. The predicted molar refractivity (Wildman–Crippen MR) is 427 cm³/mol. The van der Waals surface area contributed by atoms with E-state index in [9.17, 15) is 33.3 Å². The number of phosphoric acid groups is 2. The van der Waals surface area contributed by atoms with Gasteiger partial charge in [-0.1, -0.05) is 350 Å². The molecular formula is C83H166N4Na2O15P2. The van der Waals surface area contributed by atoms with E-state index < -0.39 is 60.2 Å². The molecule has 0 aromatic heterocycles. The van der Waals surface area contributed by atoms with E-state index >= 15 is 0 Å². The number of unbranched alkanes of at least 4 members (excludes halogenated alkanes) is 46. The van der Waals surface area contributed by atoms with Gasteiger partial charge in [-0.05, 0) is 51.4 Å². The maximum atomic E-state index is 13.3. The Hall–Kier alpha value is 0.270. The summed E-state index contributed by atoms with van der Waals surface area (Å²) in [6.07, 6.45) is 66.6. The number of rotatable bonds is 86. The summed E-state index contributed by atoms with van der Waals surface area (Å²) < 4.78 is 72.1. The van der Waals surface area contributed by atoms with E-state index in [0.29, 0.717) is 38.9 Å².